The summed E-state index contributed by atoms with van der Waals surface area (Å²) in [5, 5.41) is 0.347. The van der Waals surface area contributed by atoms with Gasteiger partial charge in [0.25, 0.3) is 10.1 Å². The smallest absolute Gasteiger partial charge is 0.343 e. The minimum atomic E-state index is -4.56. The molecule has 0 amide bonds. The second-order valence-corrected chi connectivity index (χ2v) is 17.6. The molecular formula is C32H36Cl2O11S3. The van der Waals surface area contributed by atoms with Crippen molar-refractivity contribution < 1.29 is 48.7 Å². The Bertz CT molecular complexity index is 1880. The molecule has 0 N–H and O–H groups in total. The van der Waals surface area contributed by atoms with Crippen molar-refractivity contribution >= 4 is 67.2 Å². The quantitative estimate of drug-likeness (QED) is 0.0510. The number of hydrogen-bond donors (Lipinski definition) is 0. The molecule has 0 spiro atoms. The Labute approximate surface area is 295 Å². The molecule has 0 saturated heterocycles. The predicted octanol–water partition coefficient (Wildman–Crippen LogP) is 8.41. The van der Waals surface area contributed by atoms with E-state index >= 15 is 0 Å². The molecule has 262 valence electrons. The van der Waals surface area contributed by atoms with Gasteiger partial charge in [0.1, 0.15) is 16.4 Å². The van der Waals surface area contributed by atoms with Crippen LogP contribution in [0.3, 0.4) is 0 Å². The minimum absolute atomic E-state index is 0.000230. The van der Waals surface area contributed by atoms with Gasteiger partial charge in [0.15, 0.2) is 5.78 Å². The molecule has 0 fully saturated rings. The van der Waals surface area contributed by atoms with Crippen LogP contribution in [-0.4, -0.2) is 41.8 Å². The van der Waals surface area contributed by atoms with Crippen molar-refractivity contribution in [1.82, 2.24) is 0 Å². The molecule has 0 aromatic heterocycles. The van der Waals surface area contributed by atoms with Crippen molar-refractivity contribution in [3.8, 4) is 11.5 Å². The van der Waals surface area contributed by atoms with E-state index in [0.29, 0.717) is 12.0 Å². The first-order chi connectivity index (χ1) is 22.1. The summed E-state index contributed by atoms with van der Waals surface area (Å²) in [5.74, 6) is -1.68. The molecular weight excluding hydrogens is 727 g/mol. The zero-order valence-electron chi connectivity index (χ0n) is 27.3. The molecule has 3 aromatic carbocycles. The van der Waals surface area contributed by atoms with E-state index < -0.39 is 47.7 Å². The summed E-state index contributed by atoms with van der Waals surface area (Å²) in [7, 11) is -8.82. The molecule has 0 radical (unpaired) electrons. The lowest BCUT2D eigenvalue weighted by molar-refractivity contribution is -0.205. The average Bonchev–Trinajstić information content (AvgIpc) is 3.00. The van der Waals surface area contributed by atoms with Gasteiger partial charge in [-0.15, -0.1) is 4.33 Å². The lowest BCUT2D eigenvalue weighted by atomic mass is 9.99. The Morgan fingerprint density at radius 1 is 0.771 bits per heavy atom. The summed E-state index contributed by atoms with van der Waals surface area (Å²) in [5.41, 5.74) is -1.04. The highest BCUT2D eigenvalue weighted by Gasteiger charge is 2.28. The predicted molar refractivity (Wildman–Crippen MR) is 181 cm³/mol. The molecule has 0 aliphatic heterocycles. The number of hydrogen-bond acceptors (Lipinski definition) is 12. The first-order valence-electron chi connectivity index (χ1n) is 14.4. The summed E-state index contributed by atoms with van der Waals surface area (Å²) in [6.07, 6.45) is 0.000230. The van der Waals surface area contributed by atoms with Crippen LogP contribution in [-0.2, 0) is 42.6 Å². The van der Waals surface area contributed by atoms with Gasteiger partial charge in [0.05, 0.1) is 40.1 Å². The molecule has 0 bridgehead atoms. The van der Waals surface area contributed by atoms with Gasteiger partial charge >= 0.3 is 16.1 Å². The largest absolute Gasteiger partial charge is 0.455 e. The molecule has 0 atom stereocenters. The molecule has 3 rings (SSSR count). The van der Waals surface area contributed by atoms with Gasteiger partial charge in [-0.05, 0) is 65.4 Å². The number of ketones is 1. The Morgan fingerprint density at radius 2 is 1.38 bits per heavy atom. The van der Waals surface area contributed by atoms with Gasteiger partial charge in [-0.25, -0.2) is 4.79 Å². The number of carbonyl (C=O) groups excluding carboxylic acids is 2. The van der Waals surface area contributed by atoms with Crippen molar-refractivity contribution in [3.05, 3.63) is 75.8 Å². The molecule has 0 heterocycles. The second-order valence-electron chi connectivity index (χ2n) is 12.8. The van der Waals surface area contributed by atoms with Crippen molar-refractivity contribution in [2.45, 2.75) is 69.6 Å². The van der Waals surface area contributed by atoms with E-state index in [2.05, 4.69) is 4.89 Å². The first kappa shape index (κ1) is 39.7. The van der Waals surface area contributed by atoms with Crippen molar-refractivity contribution in [3.63, 3.8) is 0 Å². The van der Waals surface area contributed by atoms with Gasteiger partial charge in [0.2, 0.25) is 0 Å². The molecule has 16 heteroatoms. The van der Waals surface area contributed by atoms with E-state index in [-0.39, 0.29) is 62.1 Å². The van der Waals surface area contributed by atoms with Crippen LogP contribution in [0.15, 0.2) is 69.3 Å². The third-order valence-electron chi connectivity index (χ3n) is 5.91. The molecule has 0 aliphatic rings. The van der Waals surface area contributed by atoms with E-state index in [1.54, 1.807) is 48.5 Å². The van der Waals surface area contributed by atoms with Crippen LogP contribution < -0.4 is 4.74 Å². The third kappa shape index (κ3) is 11.4. The number of carbonyl (C=O) groups is 2. The van der Waals surface area contributed by atoms with Gasteiger partial charge in [-0.2, -0.15) is 16.8 Å². The molecule has 11 nitrogen and oxygen atoms in total. The van der Waals surface area contributed by atoms with E-state index in [1.165, 1.54) is 42.5 Å². The summed E-state index contributed by atoms with van der Waals surface area (Å²) in [6, 6.07) is 11.5. The number of benzene rings is 3. The van der Waals surface area contributed by atoms with Crippen LogP contribution in [0.1, 0.15) is 70.8 Å². The molecule has 48 heavy (non-hydrogen) atoms. The van der Waals surface area contributed by atoms with Crippen LogP contribution >= 0.6 is 35.2 Å². The van der Waals surface area contributed by atoms with E-state index in [0.717, 1.165) is 12.1 Å². The minimum Gasteiger partial charge on any atom is -0.455 e. The van der Waals surface area contributed by atoms with Gasteiger partial charge in [0, 0.05) is 22.6 Å². The van der Waals surface area contributed by atoms with Gasteiger partial charge in [-0.1, -0.05) is 71.7 Å². The monoisotopic (exact) mass is 762 g/mol. The molecule has 3 aromatic rings. The maximum atomic E-state index is 13.6. The fourth-order valence-electron chi connectivity index (χ4n) is 3.46. The van der Waals surface area contributed by atoms with Crippen LogP contribution in [0, 0.1) is 10.8 Å². The fourth-order valence-corrected chi connectivity index (χ4v) is 6.86. The van der Waals surface area contributed by atoms with Crippen molar-refractivity contribution in [2.75, 3.05) is 13.2 Å². The van der Waals surface area contributed by atoms with Crippen LogP contribution in [0.4, 0.5) is 0 Å². The van der Waals surface area contributed by atoms with E-state index in [9.17, 15) is 26.4 Å². The second kappa shape index (κ2) is 15.9. The standard InChI is InChI=1S/C32H36Cl2O11S3/c1-8-29(35)44-45-46-27-17-22(47(37,38)41-18-31(2,3)4)11-14-25(27)43-26-13-9-20(30(36)23-16-21(33)10-12-24(23)34)15-28(26)48(39,40)42-19-32(5,6)7/h9-17H,8,18-19H2,1-7H3. The van der Waals surface area contributed by atoms with Crippen molar-refractivity contribution in [1.29, 1.82) is 0 Å². The highest BCUT2D eigenvalue weighted by molar-refractivity contribution is 7.94. The zero-order valence-corrected chi connectivity index (χ0v) is 31.3. The number of halogens is 2. The maximum absolute atomic E-state index is 13.6. The summed E-state index contributed by atoms with van der Waals surface area (Å²) >= 11 is 12.8. The fraction of sp³-hybridized carbons (Fsp3) is 0.375. The SMILES string of the molecule is CCC(=O)OOSc1cc(S(=O)(=O)OCC(C)(C)C)ccc1Oc1ccc(C(=O)c2cc(Cl)ccc2Cl)cc1S(=O)(=O)OCC(C)(C)C. The maximum Gasteiger partial charge on any atom is 0.343 e. The normalized spacial score (nSPS) is 12.5. The first-order valence-corrected chi connectivity index (χ1v) is 18.7. The van der Waals surface area contributed by atoms with Gasteiger partial charge < -0.3 is 4.74 Å². The lowest BCUT2D eigenvalue weighted by Crippen LogP contribution is -2.19. The topological polar surface area (TPSA) is 149 Å². The highest BCUT2D eigenvalue weighted by atomic mass is 35.5. The van der Waals surface area contributed by atoms with Crippen molar-refractivity contribution in [2.24, 2.45) is 10.8 Å². The summed E-state index contributed by atoms with van der Waals surface area (Å²) < 4.78 is 74.7. The van der Waals surface area contributed by atoms with E-state index in [4.69, 9.17) is 40.6 Å². The molecule has 0 unspecified atom stereocenters. The Hall–Kier alpha value is -2.69. The molecule has 0 saturated carbocycles. The Kier molecular flexibility index (Phi) is 13.2. The average molecular weight is 764 g/mol. The number of rotatable bonds is 14. The Balaban J connectivity index is 2.13. The van der Waals surface area contributed by atoms with Crippen LogP contribution in [0.25, 0.3) is 0 Å². The number of ether oxygens (including phenoxy) is 1. The van der Waals surface area contributed by atoms with Crippen LogP contribution in [0.5, 0.6) is 11.5 Å². The lowest BCUT2D eigenvalue weighted by Gasteiger charge is -2.20. The summed E-state index contributed by atoms with van der Waals surface area (Å²) in [4.78, 5) is 29.0. The highest BCUT2D eigenvalue weighted by Crippen LogP contribution is 2.39. The van der Waals surface area contributed by atoms with Gasteiger partial charge in [-0.3, -0.25) is 18.0 Å². The van der Waals surface area contributed by atoms with Crippen LogP contribution in [0.2, 0.25) is 10.0 Å². The summed E-state index contributed by atoms with van der Waals surface area (Å²) in [6.45, 7) is 12.0. The Morgan fingerprint density at radius 3 is 1.98 bits per heavy atom. The third-order valence-corrected chi connectivity index (χ3v) is 9.65. The van der Waals surface area contributed by atoms with E-state index in [1.807, 2.05) is 0 Å². The zero-order chi connectivity index (χ0) is 36.1. The molecule has 0 aliphatic carbocycles.